The van der Waals surface area contributed by atoms with Crippen molar-refractivity contribution in [3.05, 3.63) is 48.6 Å². The lowest BCUT2D eigenvalue weighted by molar-refractivity contribution is 0.0693. The van der Waals surface area contributed by atoms with Crippen molar-refractivity contribution >= 4 is 48.0 Å². The number of carbonyl (C=O) groups excluding carboxylic acids is 1. The Labute approximate surface area is 190 Å². The lowest BCUT2D eigenvalue weighted by atomic mass is 10.1. The van der Waals surface area contributed by atoms with Crippen molar-refractivity contribution in [1.82, 2.24) is 9.62 Å². The molecule has 0 unspecified atom stereocenters. The van der Waals surface area contributed by atoms with Crippen LogP contribution in [0.15, 0.2) is 47.9 Å². The zero-order valence-corrected chi connectivity index (χ0v) is 18.7. The maximum absolute atomic E-state index is 13.1. The summed E-state index contributed by atoms with van der Waals surface area (Å²) in [5, 5.41) is 19.7. The number of amides is 1. The van der Waals surface area contributed by atoms with Crippen LogP contribution in [0, 0.1) is 0 Å². The molecule has 0 aliphatic carbocycles. The second-order valence-corrected chi connectivity index (χ2v) is 9.88. The summed E-state index contributed by atoms with van der Waals surface area (Å²) in [6, 6.07) is 5.83. The van der Waals surface area contributed by atoms with Gasteiger partial charge in [0.05, 0.1) is 22.3 Å². The molecule has 0 aromatic heterocycles. The van der Waals surface area contributed by atoms with Crippen molar-refractivity contribution < 1.29 is 41.4 Å². The van der Waals surface area contributed by atoms with E-state index >= 15 is 0 Å². The van der Waals surface area contributed by atoms with Crippen LogP contribution in [0.2, 0.25) is 0 Å². The molecule has 0 spiro atoms. The Morgan fingerprint density at radius 3 is 2.61 bits per heavy atom. The Morgan fingerprint density at radius 2 is 2.00 bits per heavy atom. The predicted octanol–water partition coefficient (Wildman–Crippen LogP) is 0.970. The minimum absolute atomic E-state index is 0.0120. The fourth-order valence-electron chi connectivity index (χ4n) is 3.48. The number of carboxylic acid groups (broad SMARTS) is 1. The summed E-state index contributed by atoms with van der Waals surface area (Å²) in [5.74, 6) is -2.08. The van der Waals surface area contributed by atoms with Gasteiger partial charge in [0.15, 0.2) is 0 Å². The number of carbonyl (C=O) groups is 2. The number of nitrogens with one attached hydrogen (secondary N) is 1. The van der Waals surface area contributed by atoms with Crippen LogP contribution in [0.4, 0.5) is 4.79 Å². The molecule has 1 aliphatic heterocycles. The number of phenols is 1. The van der Waals surface area contributed by atoms with Crippen molar-refractivity contribution in [1.29, 1.82) is 0 Å². The largest absolute Gasteiger partial charge is 0.506 e. The molecule has 11 nitrogen and oxygen atoms in total. The molecule has 1 fully saturated rings. The summed E-state index contributed by atoms with van der Waals surface area (Å²) in [7, 11) is -6.90. The van der Waals surface area contributed by atoms with Crippen molar-refractivity contribution in [2.24, 2.45) is 0 Å². The number of hydrogen-bond acceptors (Lipinski definition) is 8. The quantitative estimate of drug-likeness (QED) is 0.372. The number of likely N-dealkylation sites (tertiary alicyclic amines) is 1. The number of carboxylic acids is 1. The number of aromatic hydroxyl groups is 1. The molecule has 1 aliphatic rings. The highest BCUT2D eigenvalue weighted by atomic mass is 32.2. The number of ether oxygens (including phenoxy) is 1. The third-order valence-electron chi connectivity index (χ3n) is 5.05. The topological polar surface area (TPSA) is 167 Å². The molecular weight excluding hydrogens is 478 g/mol. The van der Waals surface area contributed by atoms with E-state index in [-0.39, 0.29) is 46.6 Å². The zero-order valence-electron chi connectivity index (χ0n) is 17.1. The van der Waals surface area contributed by atoms with Gasteiger partial charge < -0.3 is 14.9 Å². The van der Waals surface area contributed by atoms with E-state index in [0.29, 0.717) is 0 Å². The van der Waals surface area contributed by atoms with Gasteiger partial charge in [-0.3, -0.25) is 4.90 Å². The van der Waals surface area contributed by atoms with Gasteiger partial charge in [0.25, 0.3) is 0 Å². The van der Waals surface area contributed by atoms with E-state index < -0.39 is 49.7 Å². The highest BCUT2D eigenvalue weighted by molar-refractivity contribution is 7.89. The summed E-state index contributed by atoms with van der Waals surface area (Å²) < 4.78 is 56.2. The van der Waals surface area contributed by atoms with Gasteiger partial charge in [-0.25, -0.2) is 22.7 Å². The van der Waals surface area contributed by atoms with Gasteiger partial charge in [-0.05, 0) is 6.07 Å². The molecule has 0 radical (unpaired) electrons. The number of aromatic carboxylic acids is 1. The lowest BCUT2D eigenvalue weighted by Gasteiger charge is -2.23. The van der Waals surface area contributed by atoms with Crippen LogP contribution in [-0.4, -0.2) is 74.6 Å². The van der Waals surface area contributed by atoms with E-state index in [1.54, 1.807) is 0 Å². The molecule has 1 atom stereocenters. The number of benzene rings is 2. The molecule has 3 N–H and O–H groups in total. The van der Waals surface area contributed by atoms with E-state index in [4.69, 9.17) is 4.74 Å². The fraction of sp³-hybridized carbons (Fsp3) is 0.250. The summed E-state index contributed by atoms with van der Waals surface area (Å²) in [4.78, 5) is 24.5. The summed E-state index contributed by atoms with van der Waals surface area (Å²) >= 11 is 0. The second-order valence-electron chi connectivity index (χ2n) is 7.10. The molecule has 1 saturated heterocycles. The summed E-state index contributed by atoms with van der Waals surface area (Å²) in [5.41, 5.74) is -0.595. The summed E-state index contributed by atoms with van der Waals surface area (Å²) in [6.07, 6.45) is 0.402. The minimum Gasteiger partial charge on any atom is -0.506 e. The highest BCUT2D eigenvalue weighted by Crippen LogP contribution is 2.34. The molecular formula is C20H20N2O9S2. The molecule has 176 valence electrons. The number of sulfonamides is 1. The van der Waals surface area contributed by atoms with E-state index in [2.05, 4.69) is 11.3 Å². The second kappa shape index (κ2) is 9.60. The first-order valence-corrected chi connectivity index (χ1v) is 12.1. The Bertz CT molecular complexity index is 1370. The van der Waals surface area contributed by atoms with Gasteiger partial charge >= 0.3 is 12.1 Å². The third kappa shape index (κ3) is 4.99. The number of fused-ring (bicyclic) bond motifs is 1. The first-order valence-electron chi connectivity index (χ1n) is 9.52. The molecule has 2 aromatic carbocycles. The first kappa shape index (κ1) is 24.2. The maximum atomic E-state index is 13.1. The van der Waals surface area contributed by atoms with Gasteiger partial charge in [0.2, 0.25) is 20.3 Å². The molecule has 0 saturated carbocycles. The lowest BCUT2D eigenvalue weighted by Crippen LogP contribution is -2.43. The van der Waals surface area contributed by atoms with Gasteiger partial charge in [0, 0.05) is 23.7 Å². The normalized spacial score (nSPS) is 16.1. The number of rotatable bonds is 7. The van der Waals surface area contributed by atoms with Gasteiger partial charge in [-0.15, -0.1) is 0 Å². The predicted molar refractivity (Wildman–Crippen MR) is 118 cm³/mol. The standard InChI is InChI=1S/C20H20N2O9S2/c1-2-7-31-20(26)22-11-13(32(27)28)8-12(22)10-21-33(29,30)17-9-16(19(24)25)18(23)15-6-4-3-5-14(15)17/h2-6,9,12,21,23H,1,7-8,10-11H2,(H,24,25)/t12-/m0/s1/i19+2. The maximum Gasteiger partial charge on any atom is 0.410 e. The first-order chi connectivity index (χ1) is 15.6. The molecule has 1 amide bonds. The van der Waals surface area contributed by atoms with E-state index in [1.807, 2.05) is 0 Å². The highest BCUT2D eigenvalue weighted by Gasteiger charge is 2.35. The van der Waals surface area contributed by atoms with Crippen molar-refractivity contribution in [2.45, 2.75) is 17.4 Å². The van der Waals surface area contributed by atoms with E-state index in [1.165, 1.54) is 30.3 Å². The van der Waals surface area contributed by atoms with Crippen molar-refractivity contribution in [3.63, 3.8) is 0 Å². The molecule has 13 heteroatoms. The van der Waals surface area contributed by atoms with Crippen LogP contribution in [0.1, 0.15) is 16.8 Å². The molecule has 33 heavy (non-hydrogen) atoms. The number of hydrogen-bond donors (Lipinski definition) is 3. The molecule has 0 bridgehead atoms. The Balaban J connectivity index is 1.95. The van der Waals surface area contributed by atoms with Crippen LogP contribution in [0.5, 0.6) is 5.75 Å². The van der Waals surface area contributed by atoms with Crippen molar-refractivity contribution in [3.8, 4) is 5.75 Å². The van der Waals surface area contributed by atoms with Gasteiger partial charge in [-0.2, -0.15) is 8.42 Å². The van der Waals surface area contributed by atoms with Crippen LogP contribution in [-0.2, 0) is 25.1 Å². The van der Waals surface area contributed by atoms with E-state index in [0.717, 1.165) is 11.0 Å². The van der Waals surface area contributed by atoms with Crippen molar-refractivity contribution in [2.75, 3.05) is 19.7 Å². The van der Waals surface area contributed by atoms with Crippen LogP contribution < -0.4 is 4.72 Å². The minimum atomic E-state index is -4.33. The SMILES string of the molecule is C=CCOC(=O)N1CC(=S(=O)=O)C[C@H]1CNS(=O)(=O)c1cc([14C](=O)O)c(O)c2ccccc12. The molecule has 2 aromatic rings. The van der Waals surface area contributed by atoms with E-state index in [9.17, 15) is 36.6 Å². The molecule has 3 rings (SSSR count). The Morgan fingerprint density at radius 1 is 1.33 bits per heavy atom. The van der Waals surface area contributed by atoms with Gasteiger partial charge in [-0.1, -0.05) is 36.9 Å². The smallest absolute Gasteiger partial charge is 0.410 e. The number of nitrogens with zero attached hydrogens (tertiary/aromatic N) is 1. The average molecular weight is 499 g/mol. The molecule has 1 heterocycles. The van der Waals surface area contributed by atoms with Crippen LogP contribution in [0.3, 0.4) is 0 Å². The van der Waals surface area contributed by atoms with Crippen LogP contribution in [0.25, 0.3) is 10.8 Å². The summed E-state index contributed by atoms with van der Waals surface area (Å²) in [6.45, 7) is 2.71. The zero-order chi connectivity index (χ0) is 24.3. The Hall–Kier alpha value is -3.42. The van der Waals surface area contributed by atoms with Gasteiger partial charge in [0.1, 0.15) is 17.9 Å². The average Bonchev–Trinajstić information content (AvgIpc) is 3.21. The van der Waals surface area contributed by atoms with Crippen LogP contribution >= 0.6 is 0 Å². The third-order valence-corrected chi connectivity index (χ3v) is 7.28. The monoisotopic (exact) mass is 498 g/mol. The fourth-order valence-corrected chi connectivity index (χ4v) is 5.36. The Kier molecular flexibility index (Phi) is 7.05.